The lowest BCUT2D eigenvalue weighted by atomic mass is 10.1. The minimum atomic E-state index is -0.546. The molecule has 1 saturated heterocycles. The fraction of sp³-hybridized carbons (Fsp3) is 0.318. The zero-order valence-corrected chi connectivity index (χ0v) is 18.0. The minimum Gasteiger partial charge on any atom is -0.455 e. The summed E-state index contributed by atoms with van der Waals surface area (Å²) in [6, 6.07) is 13.3. The van der Waals surface area contributed by atoms with Gasteiger partial charge in [0.25, 0.3) is 5.91 Å². The van der Waals surface area contributed by atoms with E-state index < -0.39 is 17.8 Å². The fourth-order valence-corrected chi connectivity index (χ4v) is 3.68. The Labute approximate surface area is 178 Å². The van der Waals surface area contributed by atoms with Gasteiger partial charge in [0, 0.05) is 29.7 Å². The predicted octanol–water partition coefficient (Wildman–Crippen LogP) is 3.60. The van der Waals surface area contributed by atoms with Crippen molar-refractivity contribution in [3.63, 3.8) is 0 Å². The van der Waals surface area contributed by atoms with Crippen LogP contribution in [0.25, 0.3) is 0 Å². The van der Waals surface area contributed by atoms with Gasteiger partial charge in [-0.2, -0.15) is 0 Å². The first-order valence-corrected chi connectivity index (χ1v) is 10.2. The first kappa shape index (κ1) is 21.0. The number of carbonyl (C=O) groups is 3. The number of esters is 1. The second-order valence-corrected chi connectivity index (χ2v) is 8.02. The number of likely N-dealkylation sites (tertiary alicyclic amines) is 1. The highest BCUT2D eigenvalue weighted by Crippen LogP contribution is 2.26. The molecular formula is C22H23BrN2O4. The molecule has 1 heterocycles. The van der Waals surface area contributed by atoms with Crippen molar-refractivity contribution in [1.82, 2.24) is 4.90 Å². The summed E-state index contributed by atoms with van der Waals surface area (Å²) in [5.41, 5.74) is 3.66. The average Bonchev–Trinajstić information content (AvgIpc) is 3.08. The number of nitrogens with zero attached hydrogens (tertiary/aromatic N) is 1. The largest absolute Gasteiger partial charge is 0.455 e. The standard InChI is InChI=1S/C22H23BrN2O4/c1-14-15(2)19(9-8-18(14)23)24-20(26)13-29-22(28)17-10-21(27)25(12-17)11-16-6-4-3-5-7-16/h3-9,17H,10-13H2,1-2H3,(H,24,26)/t17-/m1/s1. The van der Waals surface area contributed by atoms with Crippen LogP contribution in [-0.2, 0) is 25.7 Å². The molecule has 2 aromatic rings. The number of halogens is 1. The monoisotopic (exact) mass is 458 g/mol. The van der Waals surface area contributed by atoms with E-state index in [4.69, 9.17) is 4.74 Å². The molecule has 1 aliphatic heterocycles. The van der Waals surface area contributed by atoms with Crippen LogP contribution in [-0.4, -0.2) is 35.8 Å². The maximum absolute atomic E-state index is 12.3. The molecule has 152 valence electrons. The van der Waals surface area contributed by atoms with Crippen LogP contribution in [0.1, 0.15) is 23.1 Å². The Bertz CT molecular complexity index is 930. The Hall–Kier alpha value is -2.67. The smallest absolute Gasteiger partial charge is 0.311 e. The molecule has 1 atom stereocenters. The topological polar surface area (TPSA) is 75.7 Å². The third-order valence-corrected chi connectivity index (χ3v) is 5.96. The van der Waals surface area contributed by atoms with Crippen molar-refractivity contribution in [3.8, 4) is 0 Å². The van der Waals surface area contributed by atoms with Crippen molar-refractivity contribution >= 4 is 39.4 Å². The van der Waals surface area contributed by atoms with Crippen molar-refractivity contribution < 1.29 is 19.1 Å². The highest BCUT2D eigenvalue weighted by molar-refractivity contribution is 9.10. The number of anilines is 1. The Balaban J connectivity index is 1.50. The van der Waals surface area contributed by atoms with Crippen molar-refractivity contribution in [3.05, 3.63) is 63.6 Å². The predicted molar refractivity (Wildman–Crippen MR) is 113 cm³/mol. The third kappa shape index (κ3) is 5.23. The van der Waals surface area contributed by atoms with E-state index in [-0.39, 0.29) is 18.9 Å². The van der Waals surface area contributed by atoms with Crippen LogP contribution in [0.15, 0.2) is 46.9 Å². The maximum Gasteiger partial charge on any atom is 0.311 e. The van der Waals surface area contributed by atoms with Crippen molar-refractivity contribution in [2.45, 2.75) is 26.8 Å². The second kappa shape index (κ2) is 9.22. The number of hydrogen-bond acceptors (Lipinski definition) is 4. The summed E-state index contributed by atoms with van der Waals surface area (Å²) in [5, 5.41) is 2.76. The van der Waals surface area contributed by atoms with E-state index in [2.05, 4.69) is 21.2 Å². The van der Waals surface area contributed by atoms with Crippen LogP contribution >= 0.6 is 15.9 Å². The summed E-state index contributed by atoms with van der Waals surface area (Å²) in [7, 11) is 0. The van der Waals surface area contributed by atoms with Crippen molar-refractivity contribution in [2.75, 3.05) is 18.5 Å². The molecule has 2 amide bonds. The van der Waals surface area contributed by atoms with Crippen LogP contribution in [0, 0.1) is 19.8 Å². The zero-order chi connectivity index (χ0) is 21.0. The molecular weight excluding hydrogens is 436 g/mol. The molecule has 2 aromatic carbocycles. The lowest BCUT2D eigenvalue weighted by Crippen LogP contribution is -2.28. The lowest BCUT2D eigenvalue weighted by Gasteiger charge is -2.16. The van der Waals surface area contributed by atoms with Crippen LogP contribution < -0.4 is 5.32 Å². The lowest BCUT2D eigenvalue weighted by molar-refractivity contribution is -0.151. The van der Waals surface area contributed by atoms with E-state index in [0.29, 0.717) is 18.8 Å². The van der Waals surface area contributed by atoms with Gasteiger partial charge in [-0.05, 0) is 42.7 Å². The summed E-state index contributed by atoms with van der Waals surface area (Å²) < 4.78 is 6.12. The minimum absolute atomic E-state index is 0.0822. The van der Waals surface area contributed by atoms with Crippen molar-refractivity contribution in [1.29, 1.82) is 0 Å². The van der Waals surface area contributed by atoms with Gasteiger partial charge < -0.3 is 15.0 Å². The third-order valence-electron chi connectivity index (χ3n) is 5.10. The fourth-order valence-electron chi connectivity index (χ4n) is 3.25. The molecule has 3 rings (SSSR count). The molecule has 6 nitrogen and oxygen atoms in total. The van der Waals surface area contributed by atoms with Gasteiger partial charge in [0.15, 0.2) is 6.61 Å². The van der Waals surface area contributed by atoms with Gasteiger partial charge in [-0.1, -0.05) is 46.3 Å². The highest BCUT2D eigenvalue weighted by Gasteiger charge is 2.35. The number of ether oxygens (including phenoxy) is 1. The van der Waals surface area contributed by atoms with Gasteiger partial charge in [0.2, 0.25) is 5.91 Å². The molecule has 29 heavy (non-hydrogen) atoms. The van der Waals surface area contributed by atoms with E-state index >= 15 is 0 Å². The van der Waals surface area contributed by atoms with E-state index in [1.54, 1.807) is 11.0 Å². The van der Waals surface area contributed by atoms with E-state index in [0.717, 1.165) is 21.2 Å². The number of rotatable bonds is 6. The quantitative estimate of drug-likeness (QED) is 0.670. The Morgan fingerprint density at radius 3 is 2.59 bits per heavy atom. The molecule has 0 unspecified atom stereocenters. The molecule has 1 N–H and O–H groups in total. The van der Waals surface area contributed by atoms with E-state index in [1.807, 2.05) is 50.2 Å². The average molecular weight is 459 g/mol. The van der Waals surface area contributed by atoms with E-state index in [1.165, 1.54) is 0 Å². The molecule has 0 bridgehead atoms. The van der Waals surface area contributed by atoms with Crippen LogP contribution in [0.2, 0.25) is 0 Å². The Morgan fingerprint density at radius 1 is 1.14 bits per heavy atom. The van der Waals surface area contributed by atoms with Crippen molar-refractivity contribution in [2.24, 2.45) is 5.92 Å². The normalized spacial score (nSPS) is 16.0. The molecule has 0 aliphatic carbocycles. The molecule has 0 aromatic heterocycles. The Kier molecular flexibility index (Phi) is 6.69. The first-order valence-electron chi connectivity index (χ1n) is 9.39. The molecule has 1 aliphatic rings. The summed E-state index contributed by atoms with van der Waals surface area (Å²) >= 11 is 3.45. The van der Waals surface area contributed by atoms with E-state index in [9.17, 15) is 14.4 Å². The molecule has 0 spiro atoms. The molecule has 0 saturated carbocycles. The van der Waals surface area contributed by atoms with Gasteiger partial charge in [-0.25, -0.2) is 0 Å². The maximum atomic E-state index is 12.3. The summed E-state index contributed by atoms with van der Waals surface area (Å²) in [6.45, 7) is 4.25. The summed E-state index contributed by atoms with van der Waals surface area (Å²) in [4.78, 5) is 38.3. The molecule has 1 fully saturated rings. The van der Waals surface area contributed by atoms with Gasteiger partial charge in [0.1, 0.15) is 0 Å². The molecule has 0 radical (unpaired) electrons. The van der Waals surface area contributed by atoms with Gasteiger partial charge >= 0.3 is 5.97 Å². The number of amides is 2. The summed E-state index contributed by atoms with van der Waals surface area (Å²) in [6.07, 6.45) is 0.109. The van der Waals surface area contributed by atoms with Crippen LogP contribution in [0.3, 0.4) is 0 Å². The SMILES string of the molecule is Cc1c(Br)ccc(NC(=O)COC(=O)[C@@H]2CC(=O)N(Cc3ccccc3)C2)c1C. The highest BCUT2D eigenvalue weighted by atomic mass is 79.9. The van der Waals surface area contributed by atoms with Crippen LogP contribution in [0.5, 0.6) is 0 Å². The van der Waals surface area contributed by atoms with Gasteiger partial charge in [0.05, 0.1) is 5.92 Å². The zero-order valence-electron chi connectivity index (χ0n) is 16.4. The molecule has 7 heteroatoms. The van der Waals surface area contributed by atoms with Gasteiger partial charge in [-0.3, -0.25) is 14.4 Å². The number of hydrogen-bond donors (Lipinski definition) is 1. The summed E-state index contributed by atoms with van der Waals surface area (Å²) in [5.74, 6) is -1.56. The number of carbonyl (C=O) groups excluding carboxylic acids is 3. The number of nitrogens with one attached hydrogen (secondary N) is 1. The second-order valence-electron chi connectivity index (χ2n) is 7.16. The first-order chi connectivity index (χ1) is 13.8. The van der Waals surface area contributed by atoms with Crippen LogP contribution in [0.4, 0.5) is 5.69 Å². The number of benzene rings is 2. The van der Waals surface area contributed by atoms with Gasteiger partial charge in [-0.15, -0.1) is 0 Å². The Morgan fingerprint density at radius 2 is 1.86 bits per heavy atom.